The lowest BCUT2D eigenvalue weighted by Crippen LogP contribution is -2.17. The second kappa shape index (κ2) is 14.0. The molecule has 1 unspecified atom stereocenters. The molecule has 0 fully saturated rings. The maximum Gasteiger partial charge on any atom is 0.573 e. The van der Waals surface area contributed by atoms with E-state index in [-0.39, 0.29) is 23.4 Å². The van der Waals surface area contributed by atoms with Crippen molar-refractivity contribution < 1.29 is 22.7 Å². The molecule has 0 bridgehead atoms. The molecule has 0 aliphatic rings. The highest BCUT2D eigenvalue weighted by Gasteiger charge is 2.31. The maximum atomic E-state index is 12.3. The molecule has 2 N–H and O–H groups in total. The summed E-state index contributed by atoms with van der Waals surface area (Å²) < 4.78 is 40.7. The number of ether oxygens (including phenoxy) is 1. The molecule has 188 valence electrons. The largest absolute Gasteiger partial charge is 0.573 e. The number of rotatable bonds is 10. The Labute approximate surface area is 205 Å². The summed E-state index contributed by atoms with van der Waals surface area (Å²) in [6.45, 7) is 11.3. The zero-order chi connectivity index (χ0) is 26.6. The minimum atomic E-state index is -4.74. The first-order valence-corrected chi connectivity index (χ1v) is 11.3. The van der Waals surface area contributed by atoms with Gasteiger partial charge in [-0.3, -0.25) is 4.79 Å². The molecule has 5 nitrogen and oxygen atoms in total. The Bertz CT molecular complexity index is 1040. The van der Waals surface area contributed by atoms with E-state index in [9.17, 15) is 18.0 Å². The van der Waals surface area contributed by atoms with E-state index in [0.29, 0.717) is 28.3 Å². The number of hydrogen-bond acceptors (Lipinski definition) is 5. The standard InChI is InChI=1S/C20H20F3N3O.C7H12O/c1-4-13(5-2)18(24)17-14(6-3)11-12-25-19(17)26-15-7-9-16(10-8-15)27-20(21,22)23;1-4-6(3)7(8)5-2/h3,7-13,24H,4-5H2,1-2H3,(H,25,26);5-6H,2,4H2,1,3H3. The highest BCUT2D eigenvalue weighted by molar-refractivity contribution is 6.06. The van der Waals surface area contributed by atoms with Crippen molar-refractivity contribution in [2.24, 2.45) is 11.8 Å². The fourth-order valence-corrected chi connectivity index (χ4v) is 3.13. The Morgan fingerprint density at radius 3 is 2.23 bits per heavy atom. The van der Waals surface area contributed by atoms with E-state index in [1.54, 1.807) is 6.07 Å². The number of allylic oxidation sites excluding steroid dienone is 1. The van der Waals surface area contributed by atoms with Crippen LogP contribution in [0.4, 0.5) is 24.7 Å². The molecule has 0 radical (unpaired) electrons. The molecule has 0 aliphatic heterocycles. The number of nitrogens with one attached hydrogen (secondary N) is 2. The average Bonchev–Trinajstić information content (AvgIpc) is 2.84. The Morgan fingerprint density at radius 2 is 1.80 bits per heavy atom. The highest BCUT2D eigenvalue weighted by atomic mass is 19.4. The van der Waals surface area contributed by atoms with Crippen molar-refractivity contribution in [2.45, 2.75) is 53.3 Å². The van der Waals surface area contributed by atoms with Crippen molar-refractivity contribution in [3.8, 4) is 18.1 Å². The number of carbonyl (C=O) groups is 1. The molecular formula is C27H32F3N3O2. The van der Waals surface area contributed by atoms with E-state index in [0.717, 1.165) is 19.3 Å². The molecule has 2 aromatic rings. The number of hydrogen-bond donors (Lipinski definition) is 2. The number of pyridine rings is 1. The van der Waals surface area contributed by atoms with Gasteiger partial charge in [-0.05, 0) is 55.7 Å². The van der Waals surface area contributed by atoms with Gasteiger partial charge >= 0.3 is 6.36 Å². The van der Waals surface area contributed by atoms with Crippen LogP contribution in [0.1, 0.15) is 58.1 Å². The predicted octanol–water partition coefficient (Wildman–Crippen LogP) is 7.30. The number of halogens is 3. The summed E-state index contributed by atoms with van der Waals surface area (Å²) in [6, 6.07) is 6.95. The summed E-state index contributed by atoms with van der Waals surface area (Å²) in [5.74, 6) is 2.99. The van der Waals surface area contributed by atoms with Gasteiger partial charge in [0, 0.05) is 35.0 Å². The van der Waals surface area contributed by atoms with Gasteiger partial charge in [0.25, 0.3) is 0 Å². The Kier molecular flexibility index (Phi) is 11.7. The van der Waals surface area contributed by atoms with Crippen molar-refractivity contribution in [3.63, 3.8) is 0 Å². The van der Waals surface area contributed by atoms with Crippen LogP contribution in [0.2, 0.25) is 0 Å². The van der Waals surface area contributed by atoms with Crippen molar-refractivity contribution >= 4 is 23.0 Å². The van der Waals surface area contributed by atoms with E-state index < -0.39 is 6.36 Å². The zero-order valence-electron chi connectivity index (χ0n) is 20.5. The summed E-state index contributed by atoms with van der Waals surface area (Å²) in [5.41, 5.74) is 1.97. The third-order valence-electron chi connectivity index (χ3n) is 5.42. The number of alkyl halides is 3. The van der Waals surface area contributed by atoms with Gasteiger partial charge < -0.3 is 15.5 Å². The van der Waals surface area contributed by atoms with Gasteiger partial charge in [0.1, 0.15) is 11.6 Å². The number of nitrogens with zero attached hydrogens (tertiary/aromatic N) is 1. The molecule has 1 aromatic heterocycles. The monoisotopic (exact) mass is 487 g/mol. The van der Waals surface area contributed by atoms with Crippen molar-refractivity contribution in [1.29, 1.82) is 5.41 Å². The summed E-state index contributed by atoms with van der Waals surface area (Å²) in [7, 11) is 0. The maximum absolute atomic E-state index is 12.3. The lowest BCUT2D eigenvalue weighted by molar-refractivity contribution is -0.274. The van der Waals surface area contributed by atoms with Gasteiger partial charge in [0.15, 0.2) is 5.78 Å². The van der Waals surface area contributed by atoms with Gasteiger partial charge in [0.2, 0.25) is 0 Å². The number of terminal acetylenes is 1. The number of benzene rings is 1. The van der Waals surface area contributed by atoms with Crippen LogP contribution < -0.4 is 10.1 Å². The van der Waals surface area contributed by atoms with Crippen LogP contribution in [0.5, 0.6) is 5.75 Å². The van der Waals surface area contributed by atoms with E-state index in [1.807, 2.05) is 27.7 Å². The number of ketones is 1. The van der Waals surface area contributed by atoms with Gasteiger partial charge in [-0.25, -0.2) is 4.98 Å². The first kappa shape index (κ1) is 29.4. The van der Waals surface area contributed by atoms with Gasteiger partial charge in [0.05, 0.1) is 5.56 Å². The lowest BCUT2D eigenvalue weighted by atomic mass is 9.90. The zero-order valence-corrected chi connectivity index (χ0v) is 20.5. The molecule has 1 heterocycles. The molecule has 35 heavy (non-hydrogen) atoms. The minimum Gasteiger partial charge on any atom is -0.406 e. The molecule has 0 amide bonds. The number of aromatic nitrogens is 1. The van der Waals surface area contributed by atoms with Crippen molar-refractivity contribution in [3.05, 3.63) is 60.3 Å². The van der Waals surface area contributed by atoms with Crippen LogP contribution in [0, 0.1) is 29.6 Å². The summed E-state index contributed by atoms with van der Waals surface area (Å²) in [4.78, 5) is 14.9. The Balaban J connectivity index is 0.000000658. The number of carbonyl (C=O) groups excluding carboxylic acids is 1. The third-order valence-corrected chi connectivity index (χ3v) is 5.42. The topological polar surface area (TPSA) is 75.1 Å². The molecule has 1 aromatic carbocycles. The van der Waals surface area contributed by atoms with Crippen LogP contribution in [-0.4, -0.2) is 22.8 Å². The van der Waals surface area contributed by atoms with Gasteiger partial charge in [-0.15, -0.1) is 19.6 Å². The van der Waals surface area contributed by atoms with Crippen molar-refractivity contribution in [1.82, 2.24) is 4.98 Å². The molecule has 0 spiro atoms. The van der Waals surface area contributed by atoms with E-state index in [2.05, 4.69) is 27.5 Å². The second-order valence-electron chi connectivity index (χ2n) is 7.77. The summed E-state index contributed by atoms with van der Waals surface area (Å²) >= 11 is 0. The van der Waals surface area contributed by atoms with E-state index >= 15 is 0 Å². The lowest BCUT2D eigenvalue weighted by Gasteiger charge is -2.19. The molecule has 0 saturated carbocycles. The molecule has 2 rings (SSSR count). The Morgan fingerprint density at radius 1 is 1.20 bits per heavy atom. The molecule has 0 aliphatic carbocycles. The fraction of sp³-hybridized carbons (Fsp3) is 0.370. The quantitative estimate of drug-likeness (QED) is 0.210. The average molecular weight is 488 g/mol. The van der Waals surface area contributed by atoms with Crippen LogP contribution in [0.3, 0.4) is 0 Å². The first-order valence-electron chi connectivity index (χ1n) is 11.3. The summed E-state index contributed by atoms with van der Waals surface area (Å²) in [5, 5.41) is 11.6. The fourth-order valence-electron chi connectivity index (χ4n) is 3.13. The van der Waals surface area contributed by atoms with E-state index in [4.69, 9.17) is 11.8 Å². The minimum absolute atomic E-state index is 0.0319. The van der Waals surface area contributed by atoms with Crippen LogP contribution in [-0.2, 0) is 4.79 Å². The second-order valence-corrected chi connectivity index (χ2v) is 7.77. The van der Waals surface area contributed by atoms with Gasteiger partial charge in [-0.2, -0.15) is 0 Å². The summed E-state index contributed by atoms with van der Waals surface area (Å²) in [6.07, 6.45) is 6.24. The smallest absolute Gasteiger partial charge is 0.406 e. The normalized spacial score (nSPS) is 11.5. The molecule has 0 saturated heterocycles. The van der Waals surface area contributed by atoms with Crippen LogP contribution in [0.25, 0.3) is 0 Å². The predicted molar refractivity (Wildman–Crippen MR) is 134 cm³/mol. The van der Waals surface area contributed by atoms with Gasteiger partial charge in [-0.1, -0.05) is 40.2 Å². The van der Waals surface area contributed by atoms with Crippen LogP contribution in [0.15, 0.2) is 49.2 Å². The van der Waals surface area contributed by atoms with Crippen LogP contribution >= 0.6 is 0 Å². The SMILES string of the molecule is C#Cc1ccnc(Nc2ccc(OC(F)(F)F)cc2)c1C(=N)C(CC)CC.C=CC(=O)C(C)CC. The number of anilines is 2. The third kappa shape index (κ3) is 9.28. The highest BCUT2D eigenvalue weighted by Crippen LogP contribution is 2.28. The van der Waals surface area contributed by atoms with E-state index in [1.165, 1.54) is 36.5 Å². The molecule has 8 heteroatoms. The molecule has 1 atom stereocenters. The molecular weight excluding hydrogens is 455 g/mol. The first-order chi connectivity index (χ1) is 16.5. The Hall–Kier alpha value is -3.60. The van der Waals surface area contributed by atoms with Crippen molar-refractivity contribution in [2.75, 3.05) is 5.32 Å².